The van der Waals surface area contributed by atoms with Gasteiger partial charge in [-0.3, -0.25) is 9.59 Å². The number of amides is 2. The Hall–Kier alpha value is -3.02. The van der Waals surface area contributed by atoms with Crippen molar-refractivity contribution in [1.82, 2.24) is 9.80 Å². The molecule has 1 saturated heterocycles. The lowest BCUT2D eigenvalue weighted by Crippen LogP contribution is -2.53. The molecule has 1 atom stereocenters. The third kappa shape index (κ3) is 3.67. The quantitative estimate of drug-likeness (QED) is 0.819. The normalized spacial score (nSPS) is 18.8. The molecule has 2 aromatic rings. The highest BCUT2D eigenvalue weighted by Gasteiger charge is 2.32. The first-order valence-electron chi connectivity index (χ1n) is 9.58. The van der Waals surface area contributed by atoms with Crippen molar-refractivity contribution < 1.29 is 19.1 Å². The largest absolute Gasteiger partial charge is 0.497 e. The first-order chi connectivity index (χ1) is 13.7. The van der Waals surface area contributed by atoms with Crippen LogP contribution in [-0.4, -0.2) is 61.5 Å². The number of nitrogens with zero attached hydrogens (tertiary/aromatic N) is 2. The van der Waals surface area contributed by atoms with Crippen LogP contribution in [0, 0.1) is 5.92 Å². The minimum atomic E-state index is -0.157. The van der Waals surface area contributed by atoms with E-state index in [1.807, 2.05) is 41.3 Å². The molecule has 146 valence electrons. The summed E-state index contributed by atoms with van der Waals surface area (Å²) < 4.78 is 11.0. The number of piperazine rings is 1. The van der Waals surface area contributed by atoms with Crippen molar-refractivity contribution in [1.29, 1.82) is 0 Å². The molecule has 0 spiro atoms. The van der Waals surface area contributed by atoms with E-state index in [4.69, 9.17) is 9.47 Å². The Labute approximate surface area is 164 Å². The van der Waals surface area contributed by atoms with E-state index in [9.17, 15) is 9.59 Å². The molecule has 2 heterocycles. The minimum absolute atomic E-state index is 0.0269. The number of ether oxygens (including phenoxy) is 2. The van der Waals surface area contributed by atoms with E-state index < -0.39 is 0 Å². The fraction of sp³-hybridized carbons (Fsp3) is 0.364. The van der Waals surface area contributed by atoms with Gasteiger partial charge >= 0.3 is 0 Å². The van der Waals surface area contributed by atoms with Gasteiger partial charge in [-0.2, -0.15) is 0 Å². The van der Waals surface area contributed by atoms with Crippen molar-refractivity contribution in [3.05, 3.63) is 59.7 Å². The number of rotatable bonds is 3. The molecular weight excluding hydrogens is 356 g/mol. The van der Waals surface area contributed by atoms with Crippen LogP contribution in [0.4, 0.5) is 0 Å². The van der Waals surface area contributed by atoms with E-state index in [1.54, 1.807) is 24.1 Å². The second-order valence-electron chi connectivity index (χ2n) is 7.17. The van der Waals surface area contributed by atoms with Crippen molar-refractivity contribution >= 4 is 11.8 Å². The molecule has 0 aliphatic carbocycles. The molecule has 6 nitrogen and oxygen atoms in total. The number of fused-ring (bicyclic) bond motifs is 1. The molecule has 2 aliphatic heterocycles. The molecule has 2 aliphatic rings. The van der Waals surface area contributed by atoms with E-state index in [-0.39, 0.29) is 17.7 Å². The molecule has 2 amide bonds. The lowest BCUT2D eigenvalue weighted by atomic mass is 9.95. The van der Waals surface area contributed by atoms with E-state index in [0.29, 0.717) is 50.5 Å². The number of carbonyl (C=O) groups is 2. The van der Waals surface area contributed by atoms with Gasteiger partial charge in [0.25, 0.3) is 5.91 Å². The van der Waals surface area contributed by atoms with E-state index in [1.165, 1.54) is 0 Å². The van der Waals surface area contributed by atoms with Crippen molar-refractivity contribution in [2.24, 2.45) is 5.92 Å². The van der Waals surface area contributed by atoms with Crippen LogP contribution in [0.1, 0.15) is 15.9 Å². The standard InChI is InChI=1S/C22H24N2O4/c1-27-19-7-4-6-17(14-19)21(25)23-9-11-24(12-10-23)22(26)18-13-16-5-2-3-8-20(16)28-15-18/h2-8,14,18H,9-13,15H2,1H3. The van der Waals surface area contributed by atoms with Gasteiger partial charge < -0.3 is 19.3 Å². The zero-order valence-electron chi connectivity index (χ0n) is 16.0. The SMILES string of the molecule is COc1cccc(C(=O)N2CCN(C(=O)C3COc4ccccc4C3)CC2)c1. The van der Waals surface area contributed by atoms with Crippen LogP contribution in [0.3, 0.4) is 0 Å². The Morgan fingerprint density at radius 2 is 1.75 bits per heavy atom. The van der Waals surface area contributed by atoms with Crippen molar-refractivity contribution in [2.45, 2.75) is 6.42 Å². The Balaban J connectivity index is 1.35. The van der Waals surface area contributed by atoms with Crippen LogP contribution >= 0.6 is 0 Å². The van der Waals surface area contributed by atoms with Gasteiger partial charge in [0.05, 0.1) is 13.0 Å². The Morgan fingerprint density at radius 3 is 2.54 bits per heavy atom. The van der Waals surface area contributed by atoms with Crippen LogP contribution < -0.4 is 9.47 Å². The Morgan fingerprint density at radius 1 is 1.00 bits per heavy atom. The van der Waals surface area contributed by atoms with E-state index in [2.05, 4.69) is 0 Å². The van der Waals surface area contributed by atoms with Gasteiger partial charge in [0, 0.05) is 31.7 Å². The lowest BCUT2D eigenvalue weighted by Gasteiger charge is -2.37. The first-order valence-corrected chi connectivity index (χ1v) is 9.58. The number of para-hydroxylation sites is 1. The molecule has 2 aromatic carbocycles. The molecule has 0 saturated carbocycles. The predicted molar refractivity (Wildman–Crippen MR) is 105 cm³/mol. The molecule has 1 fully saturated rings. The maximum Gasteiger partial charge on any atom is 0.254 e. The molecule has 6 heteroatoms. The van der Waals surface area contributed by atoms with Gasteiger partial charge in [0.2, 0.25) is 5.91 Å². The number of carbonyl (C=O) groups excluding carboxylic acids is 2. The number of methoxy groups -OCH3 is 1. The van der Waals surface area contributed by atoms with Crippen LogP contribution in [0.25, 0.3) is 0 Å². The van der Waals surface area contributed by atoms with Crippen molar-refractivity contribution in [2.75, 3.05) is 39.9 Å². The first kappa shape index (κ1) is 18.3. The summed E-state index contributed by atoms with van der Waals surface area (Å²) in [6.45, 7) is 2.58. The predicted octanol–water partition coefficient (Wildman–Crippen LogP) is 2.23. The molecule has 1 unspecified atom stereocenters. The third-order valence-corrected chi connectivity index (χ3v) is 5.42. The number of hydrogen-bond acceptors (Lipinski definition) is 4. The van der Waals surface area contributed by atoms with Crippen molar-refractivity contribution in [3.63, 3.8) is 0 Å². The number of hydrogen-bond donors (Lipinski definition) is 0. The van der Waals surface area contributed by atoms with Crippen LogP contribution in [0.2, 0.25) is 0 Å². The molecule has 0 radical (unpaired) electrons. The lowest BCUT2D eigenvalue weighted by molar-refractivity contribution is -0.138. The zero-order valence-corrected chi connectivity index (χ0v) is 16.0. The second kappa shape index (κ2) is 7.92. The monoisotopic (exact) mass is 380 g/mol. The van der Waals surface area contributed by atoms with Crippen LogP contribution in [-0.2, 0) is 11.2 Å². The Kier molecular flexibility index (Phi) is 5.19. The highest BCUT2D eigenvalue weighted by atomic mass is 16.5. The highest BCUT2D eigenvalue weighted by molar-refractivity contribution is 5.94. The maximum absolute atomic E-state index is 12.9. The number of benzene rings is 2. The van der Waals surface area contributed by atoms with Crippen molar-refractivity contribution in [3.8, 4) is 11.5 Å². The molecular formula is C22H24N2O4. The van der Waals surface area contributed by atoms with Gasteiger partial charge in [-0.1, -0.05) is 24.3 Å². The zero-order chi connectivity index (χ0) is 19.5. The van der Waals surface area contributed by atoms with Gasteiger partial charge in [0.1, 0.15) is 18.1 Å². The second-order valence-corrected chi connectivity index (χ2v) is 7.17. The molecule has 4 rings (SSSR count). The summed E-state index contributed by atoms with van der Waals surface area (Å²) >= 11 is 0. The summed E-state index contributed by atoms with van der Waals surface area (Å²) in [4.78, 5) is 29.3. The van der Waals surface area contributed by atoms with Gasteiger partial charge in [-0.15, -0.1) is 0 Å². The average molecular weight is 380 g/mol. The van der Waals surface area contributed by atoms with Crippen LogP contribution in [0.5, 0.6) is 11.5 Å². The van der Waals surface area contributed by atoms with Gasteiger partial charge in [0.15, 0.2) is 0 Å². The fourth-order valence-electron chi connectivity index (χ4n) is 3.81. The highest BCUT2D eigenvalue weighted by Crippen LogP contribution is 2.28. The summed E-state index contributed by atoms with van der Waals surface area (Å²) in [7, 11) is 1.58. The smallest absolute Gasteiger partial charge is 0.254 e. The topological polar surface area (TPSA) is 59.1 Å². The van der Waals surface area contributed by atoms with E-state index >= 15 is 0 Å². The van der Waals surface area contributed by atoms with Crippen LogP contribution in [0.15, 0.2) is 48.5 Å². The van der Waals surface area contributed by atoms with Gasteiger partial charge in [-0.05, 0) is 36.2 Å². The van der Waals surface area contributed by atoms with Gasteiger partial charge in [-0.25, -0.2) is 0 Å². The molecule has 0 bridgehead atoms. The molecule has 0 N–H and O–H groups in total. The summed E-state index contributed by atoms with van der Waals surface area (Å²) in [6.07, 6.45) is 0.706. The third-order valence-electron chi connectivity index (χ3n) is 5.42. The summed E-state index contributed by atoms with van der Waals surface area (Å²) in [5, 5.41) is 0. The molecule has 28 heavy (non-hydrogen) atoms. The summed E-state index contributed by atoms with van der Waals surface area (Å²) in [6, 6.07) is 15.0. The maximum atomic E-state index is 12.9. The average Bonchev–Trinajstić information content (AvgIpc) is 2.78. The summed E-state index contributed by atoms with van der Waals surface area (Å²) in [5.74, 6) is 1.47. The Bertz CT molecular complexity index is 874. The fourth-order valence-corrected chi connectivity index (χ4v) is 3.81. The molecule has 0 aromatic heterocycles. The minimum Gasteiger partial charge on any atom is -0.497 e. The van der Waals surface area contributed by atoms with E-state index in [0.717, 1.165) is 11.3 Å². The summed E-state index contributed by atoms with van der Waals surface area (Å²) in [5.41, 5.74) is 1.69.